The van der Waals surface area contributed by atoms with Crippen molar-refractivity contribution in [2.24, 2.45) is 5.41 Å². The van der Waals surface area contributed by atoms with Crippen molar-refractivity contribution >= 4 is 28.3 Å². The molecule has 3 N–H and O–H groups in total. The molecule has 2 aromatic carbocycles. The Morgan fingerprint density at radius 1 is 1.18 bits per heavy atom. The topological polar surface area (TPSA) is 115 Å². The predicted octanol–water partition coefficient (Wildman–Crippen LogP) is 5.79. The molecule has 0 aliphatic carbocycles. The van der Waals surface area contributed by atoms with Gasteiger partial charge in [-0.05, 0) is 42.0 Å². The van der Waals surface area contributed by atoms with Crippen LogP contribution in [0.5, 0.6) is 0 Å². The lowest BCUT2D eigenvalue weighted by molar-refractivity contribution is 0.0519. The third-order valence-corrected chi connectivity index (χ3v) is 8.03. The highest BCUT2D eigenvalue weighted by Gasteiger charge is 2.40. The molecule has 0 bridgehead atoms. The minimum Gasteiger partial charge on any atom is -0.465 e. The van der Waals surface area contributed by atoms with Gasteiger partial charge in [0.2, 0.25) is 0 Å². The third kappa shape index (κ3) is 4.53. The molecule has 9 nitrogen and oxygen atoms in total. The van der Waals surface area contributed by atoms with E-state index in [1.54, 1.807) is 21.7 Å². The van der Waals surface area contributed by atoms with Crippen LogP contribution in [0.2, 0.25) is 0 Å². The molecule has 4 heterocycles. The molecule has 3 aromatic heterocycles. The van der Waals surface area contributed by atoms with E-state index in [0.29, 0.717) is 37.3 Å². The fourth-order valence-electron chi connectivity index (χ4n) is 6.00. The Labute approximate surface area is 231 Å². The smallest absolute Gasteiger partial charge is 0.407 e. The van der Waals surface area contributed by atoms with E-state index in [1.165, 1.54) is 12.4 Å². The van der Waals surface area contributed by atoms with Crippen molar-refractivity contribution in [3.05, 3.63) is 78.1 Å². The van der Waals surface area contributed by atoms with Gasteiger partial charge in [0.25, 0.3) is 0 Å². The van der Waals surface area contributed by atoms with Crippen LogP contribution in [-0.4, -0.2) is 53.1 Å². The molecule has 0 radical (unpaired) electrons. The van der Waals surface area contributed by atoms with Gasteiger partial charge in [-0.1, -0.05) is 51.1 Å². The number of anilines is 1. The number of nitrogens with zero attached hydrogens (tertiary/aromatic N) is 6. The molecule has 1 fully saturated rings. The molecule has 5 aromatic rings. The monoisotopic (exact) mass is 541 g/mol. The summed E-state index contributed by atoms with van der Waals surface area (Å²) in [5.41, 5.74) is 11.1. The number of nitrogen functional groups attached to an aromatic ring is 1. The number of piperidine rings is 1. The van der Waals surface area contributed by atoms with Crippen LogP contribution in [0.3, 0.4) is 0 Å². The van der Waals surface area contributed by atoms with Crippen molar-refractivity contribution in [2.75, 3.05) is 12.3 Å². The zero-order valence-corrected chi connectivity index (χ0v) is 22.8. The van der Waals surface area contributed by atoms with E-state index in [9.17, 15) is 14.3 Å². The Morgan fingerprint density at radius 2 is 1.98 bits per heavy atom. The first-order valence-electron chi connectivity index (χ1n) is 13.4. The maximum absolute atomic E-state index is 14.2. The molecule has 0 spiro atoms. The van der Waals surface area contributed by atoms with E-state index in [0.717, 1.165) is 33.2 Å². The van der Waals surface area contributed by atoms with E-state index >= 15 is 0 Å². The van der Waals surface area contributed by atoms with E-state index in [1.807, 2.05) is 35.0 Å². The summed E-state index contributed by atoms with van der Waals surface area (Å²) < 4.78 is 17.8. The first-order valence-corrected chi connectivity index (χ1v) is 13.4. The number of carboxylic acid groups (broad SMARTS) is 1. The summed E-state index contributed by atoms with van der Waals surface area (Å²) in [6, 6.07) is 14.7. The first-order chi connectivity index (χ1) is 19.1. The van der Waals surface area contributed by atoms with Gasteiger partial charge in [0.1, 0.15) is 17.7 Å². The maximum Gasteiger partial charge on any atom is 0.407 e. The SMILES string of the molecule is CC(C)(C)C1CC(c2cc(-c3ccc4cn(Cc5ccccc5F)nc4c3)c3c(N)ncnn23)CCN1C(=O)O. The van der Waals surface area contributed by atoms with Crippen LogP contribution in [0.15, 0.2) is 61.1 Å². The number of likely N-dealkylation sites (tertiary alicyclic amines) is 1. The average Bonchev–Trinajstić information content (AvgIpc) is 3.50. The van der Waals surface area contributed by atoms with Crippen molar-refractivity contribution in [3.8, 4) is 11.1 Å². The summed E-state index contributed by atoms with van der Waals surface area (Å²) in [6.07, 6.45) is 3.86. The van der Waals surface area contributed by atoms with Gasteiger partial charge in [0.15, 0.2) is 5.82 Å². The molecule has 1 saturated heterocycles. The Bertz CT molecular complexity index is 1740. The van der Waals surface area contributed by atoms with Gasteiger partial charge in [-0.25, -0.2) is 18.7 Å². The van der Waals surface area contributed by atoms with E-state index < -0.39 is 6.09 Å². The lowest BCUT2D eigenvalue weighted by Gasteiger charge is -2.44. The second-order valence-electron chi connectivity index (χ2n) is 11.7. The predicted molar refractivity (Wildman–Crippen MR) is 152 cm³/mol. The molecule has 10 heteroatoms. The van der Waals surface area contributed by atoms with E-state index in [-0.39, 0.29) is 23.2 Å². The van der Waals surface area contributed by atoms with Gasteiger partial charge in [-0.2, -0.15) is 10.2 Å². The molecule has 6 rings (SSSR count). The maximum atomic E-state index is 14.2. The zero-order valence-electron chi connectivity index (χ0n) is 22.8. The first kappa shape index (κ1) is 25.8. The highest BCUT2D eigenvalue weighted by molar-refractivity contribution is 5.92. The summed E-state index contributed by atoms with van der Waals surface area (Å²) in [5, 5.41) is 20.1. The highest BCUT2D eigenvalue weighted by atomic mass is 19.1. The van der Waals surface area contributed by atoms with Crippen LogP contribution in [0.25, 0.3) is 27.5 Å². The van der Waals surface area contributed by atoms with Crippen LogP contribution in [-0.2, 0) is 6.54 Å². The van der Waals surface area contributed by atoms with E-state index in [2.05, 4.69) is 36.9 Å². The summed E-state index contributed by atoms with van der Waals surface area (Å²) in [4.78, 5) is 17.8. The number of aromatic nitrogens is 5. The summed E-state index contributed by atoms with van der Waals surface area (Å²) in [6.45, 7) is 7.03. The standard InChI is InChI=1S/C30H32FN7O2/c1-30(2,3)26-13-19(10-11-37(26)29(39)40)25-14-22(27-28(32)33-17-34-38(25)27)18-8-9-21-16-36(35-24(21)12-18)15-20-6-4-5-7-23(20)31/h4-9,12,14,16-17,19,26H,10-11,13,15H2,1-3H3,(H,39,40)(H2,32,33,34). The van der Waals surface area contributed by atoms with Crippen molar-refractivity contribution in [2.45, 2.75) is 52.1 Å². The van der Waals surface area contributed by atoms with Gasteiger partial charge >= 0.3 is 6.09 Å². The van der Waals surface area contributed by atoms with Gasteiger partial charge in [0.05, 0.1) is 12.1 Å². The Balaban J connectivity index is 1.39. The highest BCUT2D eigenvalue weighted by Crippen LogP contribution is 2.42. The van der Waals surface area contributed by atoms with Crippen molar-refractivity contribution in [1.82, 2.24) is 29.3 Å². The Kier molecular flexibility index (Phi) is 6.20. The van der Waals surface area contributed by atoms with E-state index in [4.69, 9.17) is 10.8 Å². The van der Waals surface area contributed by atoms with Gasteiger partial charge in [-0.3, -0.25) is 4.68 Å². The molecule has 2 atom stereocenters. The number of carbonyl (C=O) groups is 1. The van der Waals surface area contributed by atoms with Crippen LogP contribution >= 0.6 is 0 Å². The molecule has 1 amide bonds. The molecule has 1 aliphatic rings. The van der Waals surface area contributed by atoms with Crippen LogP contribution < -0.4 is 5.73 Å². The van der Waals surface area contributed by atoms with Gasteiger partial charge in [-0.15, -0.1) is 0 Å². The fraction of sp³-hybridized carbons (Fsp3) is 0.333. The van der Waals surface area contributed by atoms with Crippen LogP contribution in [0.1, 0.15) is 50.8 Å². The minimum atomic E-state index is -0.881. The van der Waals surface area contributed by atoms with Gasteiger partial charge in [0, 0.05) is 46.9 Å². The van der Waals surface area contributed by atoms with Crippen molar-refractivity contribution < 1.29 is 14.3 Å². The van der Waals surface area contributed by atoms with Gasteiger partial charge < -0.3 is 15.7 Å². The summed E-state index contributed by atoms with van der Waals surface area (Å²) in [7, 11) is 0. The molecule has 206 valence electrons. The number of amides is 1. The lowest BCUT2D eigenvalue weighted by atomic mass is 9.76. The molecule has 40 heavy (non-hydrogen) atoms. The molecule has 1 aliphatic heterocycles. The Morgan fingerprint density at radius 3 is 2.73 bits per heavy atom. The molecular formula is C30H32FN7O2. The fourth-order valence-corrected chi connectivity index (χ4v) is 6.00. The van der Waals surface area contributed by atoms with Crippen molar-refractivity contribution in [1.29, 1.82) is 0 Å². The minimum absolute atomic E-state index is 0.0964. The molecule has 0 saturated carbocycles. The number of hydrogen-bond acceptors (Lipinski definition) is 5. The lowest BCUT2D eigenvalue weighted by Crippen LogP contribution is -2.51. The third-order valence-electron chi connectivity index (χ3n) is 8.03. The summed E-state index contributed by atoms with van der Waals surface area (Å²) in [5.74, 6) is 0.213. The number of hydrogen-bond donors (Lipinski definition) is 2. The number of halogens is 1. The second kappa shape index (κ2) is 9.62. The van der Waals surface area contributed by atoms with Crippen LogP contribution in [0.4, 0.5) is 15.0 Å². The number of benzene rings is 2. The largest absolute Gasteiger partial charge is 0.465 e. The second-order valence-corrected chi connectivity index (χ2v) is 11.7. The number of fused-ring (bicyclic) bond motifs is 2. The number of rotatable bonds is 4. The number of nitrogens with two attached hydrogens (primary N) is 1. The summed E-state index contributed by atoms with van der Waals surface area (Å²) >= 11 is 0. The van der Waals surface area contributed by atoms with Crippen LogP contribution in [0, 0.1) is 11.2 Å². The molecular weight excluding hydrogens is 509 g/mol. The average molecular weight is 542 g/mol. The van der Waals surface area contributed by atoms with Crippen molar-refractivity contribution in [3.63, 3.8) is 0 Å². The normalized spacial score (nSPS) is 18.1. The quantitative estimate of drug-likeness (QED) is 0.298. The zero-order chi connectivity index (χ0) is 28.2. The molecule has 2 unspecified atom stereocenters. The Hall–Kier alpha value is -4.47.